The molecule has 1 aromatic rings. The molecule has 0 saturated carbocycles. The van der Waals surface area contributed by atoms with Crippen molar-refractivity contribution >= 4 is 6.03 Å². The lowest BCUT2D eigenvalue weighted by Gasteiger charge is -2.39. The maximum Gasteiger partial charge on any atom is 0.315 e. The first-order valence-corrected chi connectivity index (χ1v) is 8.03. The molecule has 6 nitrogen and oxygen atoms in total. The van der Waals surface area contributed by atoms with Crippen LogP contribution in [0.15, 0.2) is 22.8 Å². The minimum atomic E-state index is -0.142. The van der Waals surface area contributed by atoms with Crippen LogP contribution in [0.4, 0.5) is 4.79 Å². The second-order valence-corrected chi connectivity index (χ2v) is 6.29. The topological polar surface area (TPSA) is 60.8 Å². The molecule has 0 radical (unpaired) electrons. The summed E-state index contributed by atoms with van der Waals surface area (Å²) in [6.07, 6.45) is 1.61. The molecule has 0 aromatic carbocycles. The Bertz CT molecular complexity index is 439. The fourth-order valence-corrected chi connectivity index (χ4v) is 2.78. The molecule has 0 aliphatic carbocycles. The van der Waals surface area contributed by atoms with Crippen molar-refractivity contribution in [2.75, 3.05) is 39.8 Å². The third-order valence-electron chi connectivity index (χ3n) is 4.25. The van der Waals surface area contributed by atoms with Gasteiger partial charge in [0, 0.05) is 38.8 Å². The molecule has 1 aliphatic heterocycles. The molecule has 2 N–H and O–H groups in total. The highest BCUT2D eigenvalue weighted by Gasteiger charge is 2.25. The summed E-state index contributed by atoms with van der Waals surface area (Å²) in [7, 11) is 2.15. The van der Waals surface area contributed by atoms with Crippen LogP contribution in [0.25, 0.3) is 0 Å². The molecule has 6 heteroatoms. The van der Waals surface area contributed by atoms with E-state index in [1.165, 1.54) is 0 Å². The number of likely N-dealkylation sites (N-methyl/N-ethyl adjacent to an activating group) is 1. The van der Waals surface area contributed by atoms with E-state index in [-0.39, 0.29) is 6.03 Å². The maximum atomic E-state index is 11.9. The summed E-state index contributed by atoms with van der Waals surface area (Å²) in [6.45, 7) is 9.83. The first-order valence-electron chi connectivity index (χ1n) is 8.03. The second kappa shape index (κ2) is 8.19. The molecule has 1 aliphatic rings. The first kappa shape index (κ1) is 16.8. The van der Waals surface area contributed by atoms with Crippen LogP contribution in [0.5, 0.6) is 0 Å². The standard InChI is InChI=1S/C16H28N4O2/c1-13(2)15(20-8-6-19(3)7-9-20)12-18-16(21)17-11-14-5-4-10-22-14/h4-5,10,13,15H,6-9,11-12H2,1-3H3,(H2,17,18,21). The van der Waals surface area contributed by atoms with Gasteiger partial charge >= 0.3 is 6.03 Å². The van der Waals surface area contributed by atoms with Gasteiger partial charge in [0.1, 0.15) is 5.76 Å². The molecule has 1 saturated heterocycles. The molecule has 1 atom stereocenters. The smallest absolute Gasteiger partial charge is 0.315 e. The van der Waals surface area contributed by atoms with Crippen molar-refractivity contribution in [3.63, 3.8) is 0 Å². The summed E-state index contributed by atoms with van der Waals surface area (Å²) in [6, 6.07) is 3.90. The van der Waals surface area contributed by atoms with Crippen molar-refractivity contribution in [2.24, 2.45) is 5.92 Å². The fraction of sp³-hybridized carbons (Fsp3) is 0.688. The van der Waals surface area contributed by atoms with Crippen molar-refractivity contribution in [2.45, 2.75) is 26.4 Å². The maximum absolute atomic E-state index is 11.9. The SMILES string of the molecule is CC(C)C(CNC(=O)NCc1ccco1)N1CCN(C)CC1. The van der Waals surface area contributed by atoms with Crippen molar-refractivity contribution < 1.29 is 9.21 Å². The van der Waals surface area contributed by atoms with Crippen LogP contribution in [0.3, 0.4) is 0 Å². The molecule has 0 bridgehead atoms. The van der Waals surface area contributed by atoms with Gasteiger partial charge in [0.15, 0.2) is 0 Å². The van der Waals surface area contributed by atoms with Gasteiger partial charge in [-0.3, -0.25) is 4.90 Å². The Kier molecular flexibility index (Phi) is 6.27. The number of piperazine rings is 1. The lowest BCUT2D eigenvalue weighted by atomic mass is 10.0. The molecule has 1 unspecified atom stereocenters. The molecule has 2 rings (SSSR count). The number of amides is 2. The van der Waals surface area contributed by atoms with Crippen molar-refractivity contribution in [3.05, 3.63) is 24.2 Å². The summed E-state index contributed by atoms with van der Waals surface area (Å²) >= 11 is 0. The van der Waals surface area contributed by atoms with E-state index in [0.29, 0.717) is 25.0 Å². The van der Waals surface area contributed by atoms with Crippen LogP contribution < -0.4 is 10.6 Å². The lowest BCUT2D eigenvalue weighted by molar-refractivity contribution is 0.0887. The van der Waals surface area contributed by atoms with Crippen LogP contribution in [0.2, 0.25) is 0 Å². The number of furan rings is 1. The van der Waals surface area contributed by atoms with Crippen LogP contribution in [-0.4, -0.2) is 61.6 Å². The third-order valence-corrected chi connectivity index (χ3v) is 4.25. The average molecular weight is 308 g/mol. The summed E-state index contributed by atoms with van der Waals surface area (Å²) < 4.78 is 5.20. The van der Waals surface area contributed by atoms with E-state index in [1.54, 1.807) is 6.26 Å². The molecular formula is C16H28N4O2. The van der Waals surface area contributed by atoms with Gasteiger partial charge in [-0.15, -0.1) is 0 Å². The van der Waals surface area contributed by atoms with Gasteiger partial charge in [-0.25, -0.2) is 4.79 Å². The second-order valence-electron chi connectivity index (χ2n) is 6.29. The molecule has 1 fully saturated rings. The zero-order chi connectivity index (χ0) is 15.9. The molecule has 1 aromatic heterocycles. The summed E-state index contributed by atoms with van der Waals surface area (Å²) in [5, 5.41) is 5.81. The van der Waals surface area contributed by atoms with Gasteiger partial charge in [-0.1, -0.05) is 13.8 Å². The highest BCUT2D eigenvalue weighted by molar-refractivity contribution is 5.73. The zero-order valence-corrected chi connectivity index (χ0v) is 13.8. The fourth-order valence-electron chi connectivity index (χ4n) is 2.78. The normalized spacial score (nSPS) is 18.4. The minimum Gasteiger partial charge on any atom is -0.467 e. The molecular weight excluding hydrogens is 280 g/mol. The number of nitrogens with one attached hydrogen (secondary N) is 2. The number of hydrogen-bond donors (Lipinski definition) is 2. The Balaban J connectivity index is 1.75. The predicted molar refractivity (Wildman–Crippen MR) is 86.6 cm³/mol. The van der Waals surface area contributed by atoms with Crippen LogP contribution >= 0.6 is 0 Å². The van der Waals surface area contributed by atoms with Crippen molar-refractivity contribution in [3.8, 4) is 0 Å². The van der Waals surface area contributed by atoms with Crippen molar-refractivity contribution in [1.82, 2.24) is 20.4 Å². The average Bonchev–Trinajstić information content (AvgIpc) is 3.00. The summed E-state index contributed by atoms with van der Waals surface area (Å²) in [5.41, 5.74) is 0. The van der Waals surface area contributed by atoms with Crippen LogP contribution in [0, 0.1) is 5.92 Å². The van der Waals surface area contributed by atoms with Gasteiger partial charge in [-0.05, 0) is 25.1 Å². The van der Waals surface area contributed by atoms with Gasteiger partial charge < -0.3 is 20.0 Å². The van der Waals surface area contributed by atoms with E-state index in [0.717, 1.165) is 31.9 Å². The Morgan fingerprint density at radius 2 is 2.00 bits per heavy atom. The van der Waals surface area contributed by atoms with Crippen LogP contribution in [-0.2, 0) is 6.54 Å². The Morgan fingerprint density at radius 3 is 2.59 bits per heavy atom. The molecule has 0 spiro atoms. The van der Waals surface area contributed by atoms with Crippen molar-refractivity contribution in [1.29, 1.82) is 0 Å². The van der Waals surface area contributed by atoms with Gasteiger partial charge in [0.05, 0.1) is 12.8 Å². The predicted octanol–water partition coefficient (Wildman–Crippen LogP) is 1.35. The van der Waals surface area contributed by atoms with Crippen LogP contribution in [0.1, 0.15) is 19.6 Å². The quantitative estimate of drug-likeness (QED) is 0.833. The number of nitrogens with zero attached hydrogens (tertiary/aromatic N) is 2. The van der Waals surface area contributed by atoms with E-state index in [1.807, 2.05) is 12.1 Å². The van der Waals surface area contributed by atoms with E-state index >= 15 is 0 Å². The largest absolute Gasteiger partial charge is 0.467 e. The third kappa shape index (κ3) is 5.03. The van der Waals surface area contributed by atoms with E-state index in [2.05, 4.69) is 41.3 Å². The molecule has 22 heavy (non-hydrogen) atoms. The first-order chi connectivity index (χ1) is 10.6. The van der Waals surface area contributed by atoms with E-state index < -0.39 is 0 Å². The monoisotopic (exact) mass is 308 g/mol. The van der Waals surface area contributed by atoms with Gasteiger partial charge in [0.25, 0.3) is 0 Å². The zero-order valence-electron chi connectivity index (χ0n) is 13.8. The Hall–Kier alpha value is -1.53. The number of urea groups is 1. The Labute approximate surface area is 132 Å². The molecule has 124 valence electrons. The highest BCUT2D eigenvalue weighted by atomic mass is 16.3. The van der Waals surface area contributed by atoms with E-state index in [4.69, 9.17) is 4.42 Å². The number of carbonyl (C=O) groups excluding carboxylic acids is 1. The summed E-state index contributed by atoms with van der Waals surface area (Å²) in [5.74, 6) is 1.27. The molecule has 2 amide bonds. The number of carbonyl (C=O) groups is 1. The summed E-state index contributed by atoms with van der Waals surface area (Å²) in [4.78, 5) is 16.7. The minimum absolute atomic E-state index is 0.142. The van der Waals surface area contributed by atoms with Gasteiger partial charge in [-0.2, -0.15) is 0 Å². The number of hydrogen-bond acceptors (Lipinski definition) is 4. The van der Waals surface area contributed by atoms with Gasteiger partial charge in [0.2, 0.25) is 0 Å². The lowest BCUT2D eigenvalue weighted by Crippen LogP contribution is -2.54. The number of rotatable bonds is 6. The highest BCUT2D eigenvalue weighted by Crippen LogP contribution is 2.12. The Morgan fingerprint density at radius 1 is 1.27 bits per heavy atom. The molecule has 2 heterocycles. The van der Waals surface area contributed by atoms with E-state index in [9.17, 15) is 4.79 Å².